The minimum atomic E-state index is -0.188. The first-order chi connectivity index (χ1) is 15.9. The van der Waals surface area contributed by atoms with Crippen molar-refractivity contribution in [3.8, 4) is 0 Å². The van der Waals surface area contributed by atoms with E-state index >= 15 is 0 Å². The van der Waals surface area contributed by atoms with Crippen molar-refractivity contribution in [2.45, 2.75) is 78.3 Å². The van der Waals surface area contributed by atoms with Crippen LogP contribution in [0.1, 0.15) is 66.2 Å². The number of hydrogen-bond acceptors (Lipinski definition) is 5. The van der Waals surface area contributed by atoms with Gasteiger partial charge in [-0.25, -0.2) is 0 Å². The fraction of sp³-hybridized carbons (Fsp3) is 0.667. The summed E-state index contributed by atoms with van der Waals surface area (Å²) in [4.78, 5) is 37.2. The zero-order chi connectivity index (χ0) is 23.8. The normalized spacial score (nSPS) is 25.8. The molecule has 0 N–H and O–H groups in total. The second-order valence-corrected chi connectivity index (χ2v) is 9.92. The highest BCUT2D eigenvalue weighted by atomic mass is 16.2. The van der Waals surface area contributed by atoms with Crippen molar-refractivity contribution >= 4 is 17.4 Å². The number of hydrogen-bond donors (Lipinski definition) is 0. The van der Waals surface area contributed by atoms with Crippen LogP contribution in [0.5, 0.6) is 0 Å². The number of rotatable bonds is 7. The van der Waals surface area contributed by atoms with Gasteiger partial charge in [0.1, 0.15) is 6.04 Å². The molecular formula is C27H42N4O2. The van der Waals surface area contributed by atoms with Gasteiger partial charge in [0.05, 0.1) is 6.54 Å². The SMILES string of the molecule is CC(C)=CC(=O)CN(C(=O)C1CCCN1c1ccncc1)[C@@H]1CN2CCC1CC2.CCCC. The first-order valence-corrected chi connectivity index (χ1v) is 12.8. The molecule has 4 aliphatic rings. The molecule has 2 atom stereocenters. The molecule has 1 aromatic heterocycles. The van der Waals surface area contributed by atoms with Crippen LogP contribution >= 0.6 is 0 Å². The Morgan fingerprint density at radius 3 is 2.27 bits per heavy atom. The number of anilines is 1. The van der Waals surface area contributed by atoms with Gasteiger partial charge in [0.25, 0.3) is 0 Å². The largest absolute Gasteiger partial charge is 0.359 e. The van der Waals surface area contributed by atoms with Gasteiger partial charge in [-0.1, -0.05) is 32.3 Å². The van der Waals surface area contributed by atoms with E-state index in [4.69, 9.17) is 0 Å². The molecule has 4 fully saturated rings. The Kier molecular flexibility index (Phi) is 9.48. The van der Waals surface area contributed by atoms with Gasteiger partial charge >= 0.3 is 0 Å². The summed E-state index contributed by atoms with van der Waals surface area (Å²) in [5.41, 5.74) is 2.02. The zero-order valence-corrected chi connectivity index (χ0v) is 21.0. The number of allylic oxidation sites excluding steroid dienone is 1. The van der Waals surface area contributed by atoms with E-state index in [-0.39, 0.29) is 30.3 Å². The molecule has 4 aliphatic heterocycles. The van der Waals surface area contributed by atoms with Gasteiger partial charge in [0.2, 0.25) is 5.91 Å². The van der Waals surface area contributed by atoms with E-state index in [9.17, 15) is 9.59 Å². The monoisotopic (exact) mass is 454 g/mol. The molecule has 0 aromatic carbocycles. The van der Waals surface area contributed by atoms with Crippen LogP contribution in [-0.4, -0.2) is 71.3 Å². The number of aromatic nitrogens is 1. The number of carbonyl (C=O) groups excluding carboxylic acids is 2. The average molecular weight is 455 g/mol. The van der Waals surface area contributed by atoms with Crippen LogP contribution in [0.4, 0.5) is 5.69 Å². The number of unbranched alkanes of at least 4 members (excludes halogenated alkanes) is 1. The number of piperidine rings is 3. The van der Waals surface area contributed by atoms with E-state index in [1.807, 2.05) is 30.9 Å². The summed E-state index contributed by atoms with van der Waals surface area (Å²) in [5.74, 6) is 0.663. The maximum atomic E-state index is 13.8. The van der Waals surface area contributed by atoms with Gasteiger partial charge in [0, 0.05) is 37.2 Å². The second-order valence-electron chi connectivity index (χ2n) is 9.92. The van der Waals surface area contributed by atoms with Gasteiger partial charge < -0.3 is 14.7 Å². The third-order valence-corrected chi connectivity index (χ3v) is 7.11. The van der Waals surface area contributed by atoms with Gasteiger partial charge in [-0.05, 0) is 76.7 Å². The Labute approximate surface area is 200 Å². The Morgan fingerprint density at radius 2 is 1.73 bits per heavy atom. The third-order valence-electron chi connectivity index (χ3n) is 7.11. The second kappa shape index (κ2) is 12.3. The molecule has 0 aliphatic carbocycles. The van der Waals surface area contributed by atoms with E-state index in [0.717, 1.165) is 63.1 Å². The third kappa shape index (κ3) is 6.66. The highest BCUT2D eigenvalue weighted by Crippen LogP contribution is 2.33. The fourth-order valence-corrected chi connectivity index (χ4v) is 5.24. The maximum absolute atomic E-state index is 13.8. The van der Waals surface area contributed by atoms with E-state index in [1.54, 1.807) is 18.5 Å². The first-order valence-electron chi connectivity index (χ1n) is 12.8. The molecule has 1 amide bonds. The topological polar surface area (TPSA) is 56.8 Å². The maximum Gasteiger partial charge on any atom is 0.245 e. The molecule has 5 heterocycles. The van der Waals surface area contributed by atoms with Crippen LogP contribution in [0.15, 0.2) is 36.2 Å². The Bertz CT molecular complexity index is 796. The molecule has 33 heavy (non-hydrogen) atoms. The fourth-order valence-electron chi connectivity index (χ4n) is 5.24. The smallest absolute Gasteiger partial charge is 0.245 e. The summed E-state index contributed by atoms with van der Waals surface area (Å²) in [6, 6.07) is 3.91. The lowest BCUT2D eigenvalue weighted by atomic mass is 9.82. The standard InChI is InChI=1S/C23H32N4O2.C4H10/c1-17(2)14-20(28)15-27(22-16-25-12-7-18(22)8-13-25)23(29)21-4-3-11-26(21)19-5-9-24-10-6-19;1-3-4-2/h5-6,9-10,14,18,21-22H,3-4,7-8,11-13,15-16H2,1-2H3;3-4H2,1-2H3/t21?,22-;/m1./s1. The van der Waals surface area contributed by atoms with Crippen LogP contribution < -0.4 is 4.90 Å². The van der Waals surface area contributed by atoms with Gasteiger partial charge in [-0.2, -0.15) is 0 Å². The van der Waals surface area contributed by atoms with Crippen molar-refractivity contribution in [2.24, 2.45) is 5.92 Å². The minimum Gasteiger partial charge on any atom is -0.359 e. The van der Waals surface area contributed by atoms with Gasteiger partial charge in [0.15, 0.2) is 5.78 Å². The van der Waals surface area contributed by atoms with Crippen LogP contribution in [0, 0.1) is 5.92 Å². The van der Waals surface area contributed by atoms with E-state index in [2.05, 4.69) is 28.6 Å². The predicted molar refractivity (Wildman–Crippen MR) is 134 cm³/mol. The first kappa shape index (κ1) is 25.4. The van der Waals surface area contributed by atoms with Crippen molar-refractivity contribution in [2.75, 3.05) is 37.6 Å². The molecule has 182 valence electrons. The lowest BCUT2D eigenvalue weighted by molar-refractivity contribution is -0.142. The van der Waals surface area contributed by atoms with E-state index < -0.39 is 0 Å². The van der Waals surface area contributed by atoms with Crippen LogP contribution in [-0.2, 0) is 9.59 Å². The van der Waals surface area contributed by atoms with Crippen LogP contribution in [0.3, 0.4) is 0 Å². The van der Waals surface area contributed by atoms with E-state index in [1.165, 1.54) is 12.8 Å². The summed E-state index contributed by atoms with van der Waals surface area (Å²) in [6.07, 6.45) is 12.0. The lowest BCUT2D eigenvalue weighted by Gasteiger charge is -2.49. The number of carbonyl (C=O) groups is 2. The summed E-state index contributed by atoms with van der Waals surface area (Å²) in [6.45, 7) is 12.4. The van der Waals surface area contributed by atoms with E-state index in [0.29, 0.717) is 5.92 Å². The zero-order valence-electron chi connectivity index (χ0n) is 21.0. The van der Waals surface area contributed by atoms with Crippen molar-refractivity contribution in [1.82, 2.24) is 14.8 Å². The number of amides is 1. The Balaban J connectivity index is 0.000000709. The molecule has 5 rings (SSSR count). The van der Waals surface area contributed by atoms with Crippen molar-refractivity contribution < 1.29 is 9.59 Å². The summed E-state index contributed by atoms with van der Waals surface area (Å²) >= 11 is 0. The van der Waals surface area contributed by atoms with Crippen LogP contribution in [0.2, 0.25) is 0 Å². The molecule has 1 aromatic rings. The molecular weight excluding hydrogens is 412 g/mol. The van der Waals surface area contributed by atoms with Crippen molar-refractivity contribution in [3.63, 3.8) is 0 Å². The minimum absolute atomic E-state index is 0.0308. The lowest BCUT2D eigenvalue weighted by Crippen LogP contribution is -2.61. The highest BCUT2D eigenvalue weighted by Gasteiger charge is 2.43. The molecule has 0 spiro atoms. The Morgan fingerprint density at radius 1 is 1.06 bits per heavy atom. The molecule has 0 saturated carbocycles. The van der Waals surface area contributed by atoms with Crippen LogP contribution in [0.25, 0.3) is 0 Å². The van der Waals surface area contributed by atoms with Crippen molar-refractivity contribution in [3.05, 3.63) is 36.2 Å². The van der Waals surface area contributed by atoms with Crippen molar-refractivity contribution in [1.29, 1.82) is 0 Å². The number of ketones is 1. The number of nitrogens with zero attached hydrogens (tertiary/aromatic N) is 4. The molecule has 0 radical (unpaired) electrons. The summed E-state index contributed by atoms with van der Waals surface area (Å²) in [5, 5.41) is 0. The number of pyridine rings is 1. The molecule has 4 saturated heterocycles. The summed E-state index contributed by atoms with van der Waals surface area (Å²) < 4.78 is 0. The van der Waals surface area contributed by atoms with Gasteiger partial charge in [-0.3, -0.25) is 14.6 Å². The Hall–Kier alpha value is -2.21. The predicted octanol–water partition coefficient (Wildman–Crippen LogP) is 4.31. The highest BCUT2D eigenvalue weighted by molar-refractivity contribution is 5.96. The van der Waals surface area contributed by atoms with Gasteiger partial charge in [-0.15, -0.1) is 0 Å². The summed E-state index contributed by atoms with van der Waals surface area (Å²) in [7, 11) is 0. The molecule has 6 heteroatoms. The average Bonchev–Trinajstić information content (AvgIpc) is 3.33. The quantitative estimate of drug-likeness (QED) is 0.575. The molecule has 2 bridgehead atoms. The molecule has 6 nitrogen and oxygen atoms in total. The molecule has 1 unspecified atom stereocenters. The number of fused-ring (bicyclic) bond motifs is 3.